The summed E-state index contributed by atoms with van der Waals surface area (Å²) in [6.07, 6.45) is 0. The molecule has 2 aliphatic heterocycles. The monoisotopic (exact) mass is 475 g/mol. The van der Waals surface area contributed by atoms with E-state index in [-0.39, 0.29) is 17.0 Å². The molecule has 174 valence electrons. The molecule has 1 aromatic heterocycles. The molecule has 0 saturated carbocycles. The van der Waals surface area contributed by atoms with Gasteiger partial charge in [0.25, 0.3) is 0 Å². The molecule has 0 unspecified atom stereocenters. The zero-order valence-electron chi connectivity index (χ0n) is 19.0. The van der Waals surface area contributed by atoms with Crippen molar-refractivity contribution in [3.8, 4) is 0 Å². The van der Waals surface area contributed by atoms with Gasteiger partial charge in [0, 0.05) is 0 Å². The van der Waals surface area contributed by atoms with Gasteiger partial charge in [-0.2, -0.15) is 0 Å². The quantitative estimate of drug-likeness (QED) is 0.530. The lowest BCUT2D eigenvalue weighted by Gasteiger charge is -2.11. The van der Waals surface area contributed by atoms with Gasteiger partial charge in [-0.05, 0) is 37.1 Å². The third-order valence-corrected chi connectivity index (χ3v) is 7.99. The summed E-state index contributed by atoms with van der Waals surface area (Å²) in [6.45, 7) is 4.04. The molecule has 0 aliphatic carbocycles. The number of aliphatic imine (C=N–C) groups is 2. The van der Waals surface area contributed by atoms with Crippen molar-refractivity contribution < 1.29 is 17.9 Å². The van der Waals surface area contributed by atoms with Crippen molar-refractivity contribution in [3.63, 3.8) is 0 Å². The van der Waals surface area contributed by atoms with E-state index in [1.165, 1.54) is 12.1 Å². The first-order valence-electron chi connectivity index (χ1n) is 11.2. The SMILES string of the molecule is CC(C)S(=O)(=O)c1cc(C2=N[C@@H](c3ccccc3)CO2)nc(C2=N[C@@H](c3ccccc3)CO2)c1. The van der Waals surface area contributed by atoms with E-state index in [1.807, 2.05) is 60.7 Å². The minimum atomic E-state index is -3.57. The highest BCUT2D eigenvalue weighted by atomic mass is 32.2. The van der Waals surface area contributed by atoms with Gasteiger partial charge < -0.3 is 9.47 Å². The van der Waals surface area contributed by atoms with Gasteiger partial charge in [0.15, 0.2) is 9.84 Å². The maximum Gasteiger partial charge on any atom is 0.236 e. The molecule has 0 N–H and O–H groups in total. The molecular weight excluding hydrogens is 450 g/mol. The maximum atomic E-state index is 13.0. The third-order valence-electron chi connectivity index (χ3n) is 5.86. The zero-order chi connectivity index (χ0) is 23.7. The largest absolute Gasteiger partial charge is 0.474 e. The highest BCUT2D eigenvalue weighted by Gasteiger charge is 2.29. The number of nitrogens with zero attached hydrogens (tertiary/aromatic N) is 3. The van der Waals surface area contributed by atoms with Crippen LogP contribution in [0.4, 0.5) is 0 Å². The van der Waals surface area contributed by atoms with Crippen LogP contribution in [0.2, 0.25) is 0 Å². The van der Waals surface area contributed by atoms with Crippen molar-refractivity contribution in [1.29, 1.82) is 0 Å². The van der Waals surface area contributed by atoms with Gasteiger partial charge >= 0.3 is 0 Å². The van der Waals surface area contributed by atoms with Crippen molar-refractivity contribution >= 4 is 21.6 Å². The van der Waals surface area contributed by atoms with Gasteiger partial charge in [0.2, 0.25) is 11.8 Å². The Morgan fingerprint density at radius 1 is 0.765 bits per heavy atom. The van der Waals surface area contributed by atoms with Crippen LogP contribution in [0.5, 0.6) is 0 Å². The molecule has 2 atom stereocenters. The molecule has 0 fully saturated rings. The van der Waals surface area contributed by atoms with Crippen molar-refractivity contribution in [2.75, 3.05) is 13.2 Å². The van der Waals surface area contributed by atoms with E-state index < -0.39 is 15.1 Å². The van der Waals surface area contributed by atoms with Crippen LogP contribution in [-0.4, -0.2) is 43.7 Å². The molecule has 3 heterocycles. The lowest BCUT2D eigenvalue weighted by atomic mass is 10.1. The smallest absolute Gasteiger partial charge is 0.236 e. The Bertz CT molecular complexity index is 1270. The van der Waals surface area contributed by atoms with Crippen molar-refractivity contribution in [2.24, 2.45) is 9.98 Å². The first-order chi connectivity index (χ1) is 16.4. The van der Waals surface area contributed by atoms with Crippen LogP contribution < -0.4 is 0 Å². The number of hydrogen-bond donors (Lipinski definition) is 0. The molecule has 0 bridgehead atoms. The average molecular weight is 476 g/mol. The molecule has 2 aliphatic rings. The molecule has 0 radical (unpaired) electrons. The summed E-state index contributed by atoms with van der Waals surface area (Å²) in [7, 11) is -3.57. The van der Waals surface area contributed by atoms with Crippen molar-refractivity contribution in [1.82, 2.24) is 4.98 Å². The van der Waals surface area contributed by atoms with Crippen LogP contribution in [0.15, 0.2) is 87.7 Å². The van der Waals surface area contributed by atoms with E-state index in [9.17, 15) is 8.42 Å². The molecule has 0 saturated heterocycles. The second-order valence-electron chi connectivity index (χ2n) is 8.51. The average Bonchev–Trinajstić information content (AvgIpc) is 3.55. The van der Waals surface area contributed by atoms with Gasteiger partial charge in [0.1, 0.15) is 36.7 Å². The van der Waals surface area contributed by atoms with E-state index >= 15 is 0 Å². The van der Waals surface area contributed by atoms with Crippen LogP contribution in [0.3, 0.4) is 0 Å². The molecule has 34 heavy (non-hydrogen) atoms. The van der Waals surface area contributed by atoms with E-state index in [0.717, 1.165) is 11.1 Å². The predicted octanol–water partition coefficient (Wildman–Crippen LogP) is 4.30. The van der Waals surface area contributed by atoms with Gasteiger partial charge in [-0.3, -0.25) is 0 Å². The minimum Gasteiger partial charge on any atom is -0.474 e. The highest BCUT2D eigenvalue weighted by Crippen LogP contribution is 2.28. The predicted molar refractivity (Wildman–Crippen MR) is 130 cm³/mol. The first-order valence-corrected chi connectivity index (χ1v) is 12.7. The Morgan fingerprint density at radius 3 is 1.62 bits per heavy atom. The van der Waals surface area contributed by atoms with E-state index in [0.29, 0.717) is 36.4 Å². The molecule has 0 amide bonds. The van der Waals surface area contributed by atoms with Gasteiger partial charge in [-0.1, -0.05) is 60.7 Å². The molecule has 5 rings (SSSR count). The van der Waals surface area contributed by atoms with Crippen LogP contribution >= 0.6 is 0 Å². The second-order valence-corrected chi connectivity index (χ2v) is 11.0. The van der Waals surface area contributed by atoms with Crippen molar-refractivity contribution in [3.05, 3.63) is 95.3 Å². The number of aromatic nitrogens is 1. The summed E-state index contributed by atoms with van der Waals surface area (Å²) >= 11 is 0. The number of pyridine rings is 1. The van der Waals surface area contributed by atoms with Crippen LogP contribution in [0, 0.1) is 0 Å². The molecule has 2 aromatic carbocycles. The fourth-order valence-electron chi connectivity index (χ4n) is 3.88. The summed E-state index contributed by atoms with van der Waals surface area (Å²) in [5, 5.41) is -0.595. The Hall–Kier alpha value is -3.52. The molecule has 0 spiro atoms. The molecular formula is C26H25N3O4S. The zero-order valence-corrected chi connectivity index (χ0v) is 19.8. The fraction of sp³-hybridized carbons (Fsp3) is 0.269. The van der Waals surface area contributed by atoms with E-state index in [1.54, 1.807) is 13.8 Å². The van der Waals surface area contributed by atoms with E-state index in [2.05, 4.69) is 15.0 Å². The van der Waals surface area contributed by atoms with E-state index in [4.69, 9.17) is 9.47 Å². The Labute approximate surface area is 199 Å². The van der Waals surface area contributed by atoms with Gasteiger partial charge in [0.05, 0.1) is 10.1 Å². The normalized spacial score (nSPS) is 20.0. The highest BCUT2D eigenvalue weighted by molar-refractivity contribution is 7.92. The second kappa shape index (κ2) is 9.02. The number of hydrogen-bond acceptors (Lipinski definition) is 7. The molecule has 3 aromatic rings. The summed E-state index contributed by atoms with van der Waals surface area (Å²) in [5.74, 6) is 0.628. The summed E-state index contributed by atoms with van der Waals surface area (Å²) in [5.41, 5.74) is 2.75. The summed E-state index contributed by atoms with van der Waals surface area (Å²) in [4.78, 5) is 14.2. The number of ether oxygens (including phenoxy) is 2. The Morgan fingerprint density at radius 2 is 1.21 bits per heavy atom. The summed E-state index contributed by atoms with van der Waals surface area (Å²) < 4.78 is 37.8. The van der Waals surface area contributed by atoms with Gasteiger partial charge in [-0.15, -0.1) is 0 Å². The Balaban J connectivity index is 1.55. The van der Waals surface area contributed by atoms with Crippen LogP contribution in [0.1, 0.15) is 48.4 Å². The number of rotatable bonds is 6. The minimum absolute atomic E-state index is 0.145. The van der Waals surface area contributed by atoms with Gasteiger partial charge in [-0.25, -0.2) is 23.4 Å². The first kappa shape index (κ1) is 22.3. The third kappa shape index (κ3) is 4.33. The lowest BCUT2D eigenvalue weighted by Crippen LogP contribution is -2.18. The standard InChI is InChI=1S/C26H25N3O4S/c1-17(2)34(30,31)20-13-21(25-28-23(15-32-25)18-9-5-3-6-10-18)27-22(14-20)26-29-24(16-33-26)19-11-7-4-8-12-19/h3-14,17,23-24H,15-16H2,1-2H3/t23-,24-/m1/s1. The maximum absolute atomic E-state index is 13.0. The fourth-order valence-corrected chi connectivity index (χ4v) is 4.98. The summed E-state index contributed by atoms with van der Waals surface area (Å²) in [6, 6.07) is 22.4. The lowest BCUT2D eigenvalue weighted by molar-refractivity contribution is 0.317. The topological polar surface area (TPSA) is 90.2 Å². The van der Waals surface area contributed by atoms with Crippen LogP contribution in [-0.2, 0) is 19.3 Å². The van der Waals surface area contributed by atoms with Crippen molar-refractivity contribution in [2.45, 2.75) is 36.1 Å². The number of benzene rings is 2. The Kier molecular flexibility index (Phi) is 5.91. The molecule has 7 nitrogen and oxygen atoms in total. The molecule has 8 heteroatoms. The number of sulfone groups is 1. The van der Waals surface area contributed by atoms with Crippen LogP contribution in [0.25, 0.3) is 0 Å².